The predicted octanol–water partition coefficient (Wildman–Crippen LogP) is 1.42. The number of rotatable bonds is 6. The Morgan fingerprint density at radius 3 is 1.50 bits per heavy atom. The average Bonchev–Trinajstić information content (AvgIpc) is 2.67. The molecule has 0 aromatic heterocycles. The number of alkyl halides is 1. The number of carbonyl (C=O) groups is 2. The Balaban J connectivity index is 0. The van der Waals surface area contributed by atoms with Crippen molar-refractivity contribution in [2.45, 2.75) is 13.1 Å². The number of halogens is 3. The van der Waals surface area contributed by atoms with Crippen LogP contribution >= 0.6 is 11.6 Å². The zero-order valence-corrected chi connectivity index (χ0v) is 15.9. The molecule has 0 radical (unpaired) electrons. The summed E-state index contributed by atoms with van der Waals surface area (Å²) < 4.78 is 24.9. The third-order valence-electron chi connectivity index (χ3n) is 3.11. The highest BCUT2D eigenvalue weighted by atomic mass is 35.5. The number of benzene rings is 2. The normalized spacial score (nSPS) is 9.00. The van der Waals surface area contributed by atoms with E-state index in [1.165, 1.54) is 24.3 Å². The fourth-order valence-electron chi connectivity index (χ4n) is 1.73. The van der Waals surface area contributed by atoms with Crippen molar-refractivity contribution in [3.05, 3.63) is 71.3 Å². The molecule has 0 saturated carbocycles. The van der Waals surface area contributed by atoms with Crippen LogP contribution in [-0.2, 0) is 22.7 Å². The molecule has 2 rings (SSSR count). The van der Waals surface area contributed by atoms with Crippen molar-refractivity contribution >= 4 is 23.4 Å². The van der Waals surface area contributed by atoms with Gasteiger partial charge in [0.2, 0.25) is 11.8 Å². The minimum atomic E-state index is -0.285. The minimum absolute atomic E-state index is 0. The zero-order chi connectivity index (χ0) is 19.4. The number of amides is 2. The van der Waals surface area contributed by atoms with E-state index < -0.39 is 0 Å². The number of hydrogen-bond acceptors (Lipinski definition) is 4. The molecule has 2 amide bonds. The van der Waals surface area contributed by atoms with E-state index in [1.807, 2.05) is 0 Å². The van der Waals surface area contributed by atoms with Crippen LogP contribution in [0, 0.1) is 11.6 Å². The van der Waals surface area contributed by atoms with E-state index in [1.54, 1.807) is 24.3 Å². The largest absolute Gasteiger partial charge is 0.412 e. The van der Waals surface area contributed by atoms with Crippen LogP contribution in [0.5, 0.6) is 0 Å². The maximum Gasteiger partial charge on any atom is 0.235 e. The van der Waals surface area contributed by atoms with Gasteiger partial charge < -0.3 is 28.0 Å². The third kappa shape index (κ3) is 11.9. The van der Waals surface area contributed by atoms with Gasteiger partial charge in [-0.3, -0.25) is 9.59 Å². The first-order chi connectivity index (χ1) is 12.4. The number of hydrogen-bond donors (Lipinski definition) is 4. The molecule has 0 bridgehead atoms. The van der Waals surface area contributed by atoms with E-state index in [9.17, 15) is 18.4 Å². The van der Waals surface area contributed by atoms with Crippen LogP contribution in [0.3, 0.4) is 0 Å². The summed E-state index contributed by atoms with van der Waals surface area (Å²) in [5, 5.41) is 5.16. The topological polar surface area (TPSA) is 151 Å². The Kier molecular flexibility index (Phi) is 15.3. The van der Waals surface area contributed by atoms with Gasteiger partial charge in [0.15, 0.2) is 0 Å². The summed E-state index contributed by atoms with van der Waals surface area (Å²) in [6.45, 7) is 0.739. The molecular weight excluding hydrogens is 394 g/mol. The monoisotopic (exact) mass is 418 g/mol. The molecule has 0 aliphatic heterocycles. The lowest BCUT2D eigenvalue weighted by Crippen LogP contribution is -2.29. The van der Waals surface area contributed by atoms with Crippen LogP contribution in [0.1, 0.15) is 11.1 Å². The summed E-state index contributed by atoms with van der Waals surface area (Å²) in [7, 11) is 0. The fourth-order valence-corrected chi connectivity index (χ4v) is 1.82. The van der Waals surface area contributed by atoms with Crippen LogP contribution < -0.4 is 22.5 Å². The second-order valence-electron chi connectivity index (χ2n) is 5.14. The molecule has 9 N–H and O–H groups in total. The van der Waals surface area contributed by atoms with Crippen molar-refractivity contribution in [2.24, 2.45) is 5.73 Å². The van der Waals surface area contributed by atoms with Gasteiger partial charge in [-0.05, 0) is 35.4 Å². The van der Waals surface area contributed by atoms with Gasteiger partial charge in [0.1, 0.15) is 17.5 Å². The Morgan fingerprint density at radius 2 is 1.18 bits per heavy atom. The summed E-state index contributed by atoms with van der Waals surface area (Å²) in [5.74, 6) is -1.07. The van der Waals surface area contributed by atoms with Gasteiger partial charge >= 0.3 is 0 Å². The lowest BCUT2D eigenvalue weighted by molar-refractivity contribution is -0.120. The van der Waals surface area contributed by atoms with Gasteiger partial charge in [0.05, 0.1) is 6.54 Å². The third-order valence-corrected chi connectivity index (χ3v) is 3.36. The molecule has 2 aromatic rings. The molecule has 28 heavy (non-hydrogen) atoms. The van der Waals surface area contributed by atoms with Crippen molar-refractivity contribution in [3.63, 3.8) is 0 Å². The molecule has 0 spiro atoms. The van der Waals surface area contributed by atoms with Crippen LogP contribution in [-0.4, -0.2) is 29.7 Å². The Bertz CT molecular complexity index is 639. The first-order valence-corrected chi connectivity index (χ1v) is 8.26. The smallest absolute Gasteiger partial charge is 0.235 e. The molecular formula is C18H25ClF2N4O3. The first kappa shape index (κ1) is 27.6. The van der Waals surface area contributed by atoms with E-state index >= 15 is 0 Å². The molecule has 156 valence electrons. The SMILES string of the molecule is N.NCC(=O)NCc1ccc(F)cc1.O.O=C(CCl)NCc1ccc(F)cc1. The molecule has 0 heterocycles. The van der Waals surface area contributed by atoms with Crippen molar-refractivity contribution in [3.8, 4) is 0 Å². The lowest BCUT2D eigenvalue weighted by atomic mass is 10.2. The second-order valence-corrected chi connectivity index (χ2v) is 5.41. The highest BCUT2D eigenvalue weighted by Gasteiger charge is 1.98. The molecule has 0 saturated heterocycles. The molecule has 0 unspecified atom stereocenters. The summed E-state index contributed by atoms with van der Waals surface area (Å²) in [6, 6.07) is 11.9. The zero-order valence-electron chi connectivity index (χ0n) is 15.2. The van der Waals surface area contributed by atoms with Crippen LogP contribution in [0.15, 0.2) is 48.5 Å². The van der Waals surface area contributed by atoms with Gasteiger partial charge in [0, 0.05) is 13.1 Å². The molecule has 2 aromatic carbocycles. The van der Waals surface area contributed by atoms with E-state index in [-0.39, 0.29) is 47.5 Å². The van der Waals surface area contributed by atoms with E-state index in [4.69, 9.17) is 17.3 Å². The minimum Gasteiger partial charge on any atom is -0.412 e. The fraction of sp³-hybridized carbons (Fsp3) is 0.222. The summed E-state index contributed by atoms with van der Waals surface area (Å²) in [4.78, 5) is 21.5. The Hall–Kier alpha value is -2.59. The molecule has 0 aliphatic rings. The Labute approximate surface area is 167 Å². The Morgan fingerprint density at radius 1 is 0.821 bits per heavy atom. The van der Waals surface area contributed by atoms with E-state index in [2.05, 4.69) is 10.6 Å². The quantitative estimate of drug-likeness (QED) is 0.524. The standard InChI is InChI=1S/C9H9ClFNO.C9H11FN2O.H3N.H2O/c10-5-9(13)12-6-7-1-3-8(11)4-2-7;10-8-3-1-7(2-4-8)6-12-9(13)5-11;;/h1-4H,5-6H2,(H,12,13);1-4H,5-6,11H2,(H,12,13);1H3;1H2. The van der Waals surface area contributed by atoms with Crippen LogP contribution in [0.4, 0.5) is 8.78 Å². The molecule has 0 aliphatic carbocycles. The van der Waals surface area contributed by atoms with Gasteiger partial charge in [-0.15, -0.1) is 11.6 Å². The van der Waals surface area contributed by atoms with Crippen molar-refractivity contribution in [1.82, 2.24) is 16.8 Å². The summed E-state index contributed by atoms with van der Waals surface area (Å²) in [6.07, 6.45) is 0. The molecule has 0 fully saturated rings. The van der Waals surface area contributed by atoms with Gasteiger partial charge in [-0.2, -0.15) is 0 Å². The number of nitrogens with one attached hydrogen (secondary N) is 2. The molecule has 7 nitrogen and oxygen atoms in total. The predicted molar refractivity (Wildman–Crippen MR) is 105 cm³/mol. The second kappa shape index (κ2) is 15.5. The van der Waals surface area contributed by atoms with Crippen molar-refractivity contribution in [1.29, 1.82) is 0 Å². The summed E-state index contributed by atoms with van der Waals surface area (Å²) >= 11 is 5.27. The lowest BCUT2D eigenvalue weighted by Gasteiger charge is -2.02. The number of carbonyl (C=O) groups excluding carboxylic acids is 2. The van der Waals surface area contributed by atoms with Crippen molar-refractivity contribution < 1.29 is 23.8 Å². The average molecular weight is 419 g/mol. The van der Waals surface area contributed by atoms with Crippen LogP contribution in [0.2, 0.25) is 0 Å². The maximum atomic E-state index is 12.4. The van der Waals surface area contributed by atoms with Gasteiger partial charge in [-0.1, -0.05) is 24.3 Å². The molecule has 10 heteroatoms. The first-order valence-electron chi connectivity index (χ1n) is 7.73. The van der Waals surface area contributed by atoms with E-state index in [0.717, 1.165) is 11.1 Å². The maximum absolute atomic E-state index is 12.4. The van der Waals surface area contributed by atoms with Gasteiger partial charge in [-0.25, -0.2) is 8.78 Å². The van der Waals surface area contributed by atoms with Crippen molar-refractivity contribution in [2.75, 3.05) is 12.4 Å². The highest BCUT2D eigenvalue weighted by Crippen LogP contribution is 2.02. The highest BCUT2D eigenvalue weighted by molar-refractivity contribution is 6.27. The van der Waals surface area contributed by atoms with E-state index in [0.29, 0.717) is 13.1 Å². The molecule has 0 atom stereocenters. The van der Waals surface area contributed by atoms with Gasteiger partial charge in [0.25, 0.3) is 0 Å². The van der Waals surface area contributed by atoms with Crippen LogP contribution in [0.25, 0.3) is 0 Å². The number of nitrogens with two attached hydrogens (primary N) is 1. The summed E-state index contributed by atoms with van der Waals surface area (Å²) in [5.41, 5.74) is 6.79.